The van der Waals surface area contributed by atoms with Crippen LogP contribution in [0.4, 0.5) is 5.95 Å². The van der Waals surface area contributed by atoms with Crippen molar-refractivity contribution in [3.8, 4) is 0 Å². The Labute approximate surface area is 90.4 Å². The number of aryl methyl sites for hydroxylation is 1. The largest absolute Gasteiger partial charge is 0.388 e. The summed E-state index contributed by atoms with van der Waals surface area (Å²) in [4.78, 5) is 6.44. The lowest BCUT2D eigenvalue weighted by atomic mass is 10.3. The van der Waals surface area contributed by atoms with E-state index in [0.717, 1.165) is 25.6 Å². The SMILES string of the molecule is CCN(CCC(=N)N)c1nccn1CC. The van der Waals surface area contributed by atoms with Crippen molar-refractivity contribution in [3.05, 3.63) is 12.4 Å². The Morgan fingerprint density at radius 3 is 2.87 bits per heavy atom. The number of anilines is 1. The summed E-state index contributed by atoms with van der Waals surface area (Å²) in [6.07, 6.45) is 4.35. The maximum absolute atomic E-state index is 7.21. The lowest BCUT2D eigenvalue weighted by Gasteiger charge is -2.22. The molecule has 1 heterocycles. The van der Waals surface area contributed by atoms with Crippen molar-refractivity contribution in [3.63, 3.8) is 0 Å². The van der Waals surface area contributed by atoms with Crippen LogP contribution < -0.4 is 10.6 Å². The van der Waals surface area contributed by atoms with E-state index in [9.17, 15) is 0 Å². The lowest BCUT2D eigenvalue weighted by Crippen LogP contribution is -2.29. The van der Waals surface area contributed by atoms with E-state index in [1.807, 2.05) is 6.20 Å². The van der Waals surface area contributed by atoms with Crippen molar-refractivity contribution in [2.45, 2.75) is 26.8 Å². The van der Waals surface area contributed by atoms with Gasteiger partial charge in [0.2, 0.25) is 5.95 Å². The molecule has 5 nitrogen and oxygen atoms in total. The number of nitrogens with one attached hydrogen (secondary N) is 1. The molecule has 0 aliphatic rings. The second-order valence-electron chi connectivity index (χ2n) is 3.37. The van der Waals surface area contributed by atoms with E-state index < -0.39 is 0 Å². The molecule has 0 aliphatic carbocycles. The predicted molar refractivity (Wildman–Crippen MR) is 62.3 cm³/mol. The number of nitrogens with zero attached hydrogens (tertiary/aromatic N) is 3. The van der Waals surface area contributed by atoms with Crippen molar-refractivity contribution in [2.24, 2.45) is 5.73 Å². The number of imidazole rings is 1. The summed E-state index contributed by atoms with van der Waals surface area (Å²) >= 11 is 0. The molecule has 1 rings (SSSR count). The molecule has 3 N–H and O–H groups in total. The third kappa shape index (κ3) is 2.97. The molecular weight excluding hydrogens is 190 g/mol. The van der Waals surface area contributed by atoms with Gasteiger partial charge >= 0.3 is 0 Å². The number of nitrogens with two attached hydrogens (primary N) is 1. The molecule has 0 bridgehead atoms. The van der Waals surface area contributed by atoms with Crippen LogP contribution in [0.15, 0.2) is 12.4 Å². The summed E-state index contributed by atoms with van der Waals surface area (Å²) < 4.78 is 2.09. The average molecular weight is 209 g/mol. The van der Waals surface area contributed by atoms with Crippen molar-refractivity contribution >= 4 is 11.8 Å². The van der Waals surface area contributed by atoms with E-state index in [0.29, 0.717) is 6.42 Å². The molecule has 0 aromatic carbocycles. The first-order valence-corrected chi connectivity index (χ1v) is 5.28. The van der Waals surface area contributed by atoms with Crippen molar-refractivity contribution in [2.75, 3.05) is 18.0 Å². The first-order chi connectivity index (χ1) is 7.19. The molecule has 0 radical (unpaired) electrons. The van der Waals surface area contributed by atoms with Gasteiger partial charge in [-0.3, -0.25) is 5.41 Å². The minimum atomic E-state index is 0.225. The highest BCUT2D eigenvalue weighted by Gasteiger charge is 2.09. The Bertz CT molecular complexity index is 317. The molecule has 0 fully saturated rings. The molecule has 0 saturated heterocycles. The quantitative estimate of drug-likeness (QED) is 0.543. The number of hydrogen-bond donors (Lipinski definition) is 2. The lowest BCUT2D eigenvalue weighted by molar-refractivity contribution is 0.704. The predicted octanol–water partition coefficient (Wildman–Crippen LogP) is 1.06. The first-order valence-electron chi connectivity index (χ1n) is 5.28. The molecule has 0 aliphatic heterocycles. The van der Waals surface area contributed by atoms with Crippen LogP contribution in [0, 0.1) is 5.41 Å². The summed E-state index contributed by atoms with van der Waals surface area (Å²) in [6, 6.07) is 0. The number of aromatic nitrogens is 2. The molecule has 84 valence electrons. The number of amidine groups is 1. The van der Waals surface area contributed by atoms with Crippen molar-refractivity contribution in [1.82, 2.24) is 9.55 Å². The molecule has 0 amide bonds. The van der Waals surface area contributed by atoms with Gasteiger partial charge in [0.1, 0.15) is 0 Å². The fraction of sp³-hybridized carbons (Fsp3) is 0.600. The van der Waals surface area contributed by atoms with Crippen LogP contribution in [-0.4, -0.2) is 28.5 Å². The minimum Gasteiger partial charge on any atom is -0.388 e. The van der Waals surface area contributed by atoms with Gasteiger partial charge in [-0.25, -0.2) is 4.98 Å². The van der Waals surface area contributed by atoms with Gasteiger partial charge in [-0.15, -0.1) is 0 Å². The maximum atomic E-state index is 7.21. The Morgan fingerprint density at radius 2 is 2.33 bits per heavy atom. The molecule has 5 heteroatoms. The Morgan fingerprint density at radius 1 is 1.60 bits per heavy atom. The number of rotatable bonds is 6. The van der Waals surface area contributed by atoms with Gasteiger partial charge in [0, 0.05) is 38.4 Å². The van der Waals surface area contributed by atoms with Crippen LogP contribution in [0.2, 0.25) is 0 Å². The minimum absolute atomic E-state index is 0.225. The molecule has 0 unspecified atom stereocenters. The molecule has 15 heavy (non-hydrogen) atoms. The van der Waals surface area contributed by atoms with Gasteiger partial charge in [-0.2, -0.15) is 0 Å². The van der Waals surface area contributed by atoms with Crippen LogP contribution in [0.1, 0.15) is 20.3 Å². The zero-order valence-electron chi connectivity index (χ0n) is 9.40. The van der Waals surface area contributed by atoms with Crippen molar-refractivity contribution in [1.29, 1.82) is 5.41 Å². The summed E-state index contributed by atoms with van der Waals surface area (Å²) in [5, 5.41) is 7.21. The Kier molecular flexibility index (Phi) is 4.15. The summed E-state index contributed by atoms with van der Waals surface area (Å²) in [7, 11) is 0. The third-order valence-corrected chi connectivity index (χ3v) is 2.35. The van der Waals surface area contributed by atoms with Gasteiger partial charge in [-0.1, -0.05) is 0 Å². The second-order valence-corrected chi connectivity index (χ2v) is 3.37. The maximum Gasteiger partial charge on any atom is 0.205 e. The summed E-state index contributed by atoms with van der Waals surface area (Å²) in [6.45, 7) is 6.71. The van der Waals surface area contributed by atoms with E-state index in [-0.39, 0.29) is 5.84 Å². The van der Waals surface area contributed by atoms with Crippen LogP contribution in [0.3, 0.4) is 0 Å². The van der Waals surface area contributed by atoms with Gasteiger partial charge in [0.05, 0.1) is 5.84 Å². The molecular formula is C10H19N5. The molecule has 0 spiro atoms. The smallest absolute Gasteiger partial charge is 0.205 e. The summed E-state index contributed by atoms with van der Waals surface area (Å²) in [5.74, 6) is 1.18. The van der Waals surface area contributed by atoms with E-state index in [2.05, 4.69) is 28.3 Å². The van der Waals surface area contributed by atoms with Crippen LogP contribution in [-0.2, 0) is 6.54 Å². The van der Waals surface area contributed by atoms with E-state index >= 15 is 0 Å². The highest BCUT2D eigenvalue weighted by molar-refractivity contribution is 5.77. The Hall–Kier alpha value is -1.52. The fourth-order valence-corrected chi connectivity index (χ4v) is 1.49. The third-order valence-electron chi connectivity index (χ3n) is 2.35. The van der Waals surface area contributed by atoms with Gasteiger partial charge in [0.15, 0.2) is 0 Å². The van der Waals surface area contributed by atoms with Gasteiger partial charge in [0.25, 0.3) is 0 Å². The van der Waals surface area contributed by atoms with E-state index in [1.54, 1.807) is 6.20 Å². The zero-order chi connectivity index (χ0) is 11.3. The average Bonchev–Trinajstić information content (AvgIpc) is 2.66. The monoisotopic (exact) mass is 209 g/mol. The number of hydrogen-bond acceptors (Lipinski definition) is 3. The Balaban J connectivity index is 2.69. The molecule has 1 aromatic heterocycles. The standard InChI is InChI=1S/C10H19N5/c1-3-14(7-5-9(11)12)10-13-6-8-15(10)4-2/h6,8H,3-5,7H2,1-2H3,(H3,11,12). The molecule has 0 saturated carbocycles. The van der Waals surface area contributed by atoms with Gasteiger partial charge < -0.3 is 15.2 Å². The van der Waals surface area contributed by atoms with Crippen LogP contribution in [0.25, 0.3) is 0 Å². The normalized spacial score (nSPS) is 10.3. The van der Waals surface area contributed by atoms with E-state index in [4.69, 9.17) is 11.1 Å². The summed E-state index contributed by atoms with van der Waals surface area (Å²) in [5.41, 5.74) is 5.35. The zero-order valence-corrected chi connectivity index (χ0v) is 9.40. The molecule has 0 atom stereocenters. The molecule has 1 aromatic rings. The second kappa shape index (κ2) is 5.38. The van der Waals surface area contributed by atoms with E-state index in [1.165, 1.54) is 0 Å². The fourth-order valence-electron chi connectivity index (χ4n) is 1.49. The first kappa shape index (κ1) is 11.6. The highest BCUT2D eigenvalue weighted by Crippen LogP contribution is 2.11. The van der Waals surface area contributed by atoms with Crippen molar-refractivity contribution < 1.29 is 0 Å². The highest BCUT2D eigenvalue weighted by atomic mass is 15.3. The van der Waals surface area contributed by atoms with Gasteiger partial charge in [-0.05, 0) is 13.8 Å². The van der Waals surface area contributed by atoms with Crippen LogP contribution >= 0.6 is 0 Å². The van der Waals surface area contributed by atoms with Crippen LogP contribution in [0.5, 0.6) is 0 Å². The topological polar surface area (TPSA) is 70.9 Å².